The Labute approximate surface area is 110 Å². The van der Waals surface area contributed by atoms with Gasteiger partial charge < -0.3 is 0 Å². The number of nitrogens with one attached hydrogen (secondary N) is 2. The molecule has 3 heteroatoms. The van der Waals surface area contributed by atoms with Crippen molar-refractivity contribution in [1.29, 1.82) is 0 Å². The smallest absolute Gasteiger partial charge is 0.0728 e. The van der Waals surface area contributed by atoms with E-state index < -0.39 is 0 Å². The SMILES string of the molecule is CSC1NC2(CCCCC2)NC12CCCCC2. The molecule has 0 aromatic rings. The second-order valence-electron chi connectivity index (χ2n) is 6.24. The molecule has 3 fully saturated rings. The van der Waals surface area contributed by atoms with Crippen molar-refractivity contribution in [2.75, 3.05) is 6.26 Å². The van der Waals surface area contributed by atoms with Crippen molar-refractivity contribution in [1.82, 2.24) is 10.6 Å². The Morgan fingerprint density at radius 2 is 1.47 bits per heavy atom. The van der Waals surface area contributed by atoms with Gasteiger partial charge in [0, 0.05) is 5.54 Å². The molecule has 2 spiro atoms. The molecular weight excluding hydrogens is 228 g/mol. The molecule has 1 heterocycles. The molecule has 2 nitrogen and oxygen atoms in total. The Hall–Kier alpha value is 0.270. The van der Waals surface area contributed by atoms with E-state index in [2.05, 4.69) is 16.9 Å². The average molecular weight is 254 g/mol. The van der Waals surface area contributed by atoms with Gasteiger partial charge in [0.2, 0.25) is 0 Å². The first-order valence-electron chi connectivity index (χ1n) is 7.39. The monoisotopic (exact) mass is 254 g/mol. The van der Waals surface area contributed by atoms with Crippen LogP contribution in [-0.4, -0.2) is 22.8 Å². The van der Waals surface area contributed by atoms with Crippen molar-refractivity contribution in [2.45, 2.75) is 80.8 Å². The lowest BCUT2D eigenvalue weighted by Gasteiger charge is -2.40. The first-order chi connectivity index (χ1) is 8.29. The quantitative estimate of drug-likeness (QED) is 0.751. The van der Waals surface area contributed by atoms with Crippen LogP contribution in [0.3, 0.4) is 0 Å². The van der Waals surface area contributed by atoms with Crippen LogP contribution in [0.1, 0.15) is 64.2 Å². The number of hydrogen-bond donors (Lipinski definition) is 2. The van der Waals surface area contributed by atoms with E-state index in [0.29, 0.717) is 16.6 Å². The zero-order chi connectivity index (χ0) is 11.8. The van der Waals surface area contributed by atoms with Gasteiger partial charge in [-0.3, -0.25) is 10.6 Å². The molecule has 2 aliphatic carbocycles. The van der Waals surface area contributed by atoms with E-state index in [-0.39, 0.29) is 0 Å². The van der Waals surface area contributed by atoms with E-state index in [1.165, 1.54) is 64.2 Å². The maximum atomic E-state index is 4.09. The second-order valence-corrected chi connectivity index (χ2v) is 7.19. The van der Waals surface area contributed by atoms with E-state index >= 15 is 0 Å². The molecule has 2 N–H and O–H groups in total. The molecule has 0 radical (unpaired) electrons. The lowest BCUT2D eigenvalue weighted by atomic mass is 9.81. The summed E-state index contributed by atoms with van der Waals surface area (Å²) in [6.45, 7) is 0. The molecule has 3 aliphatic rings. The summed E-state index contributed by atoms with van der Waals surface area (Å²) in [5.74, 6) is 0. The minimum absolute atomic E-state index is 0.295. The van der Waals surface area contributed by atoms with Gasteiger partial charge >= 0.3 is 0 Å². The third-order valence-electron chi connectivity index (χ3n) is 5.09. The van der Waals surface area contributed by atoms with E-state index in [4.69, 9.17) is 0 Å². The van der Waals surface area contributed by atoms with Gasteiger partial charge in [-0.25, -0.2) is 0 Å². The van der Waals surface area contributed by atoms with Gasteiger partial charge in [-0.15, -0.1) is 11.8 Å². The number of rotatable bonds is 1. The minimum Gasteiger partial charge on any atom is -0.291 e. The molecule has 0 aromatic heterocycles. The lowest BCUT2D eigenvalue weighted by molar-refractivity contribution is 0.183. The van der Waals surface area contributed by atoms with Crippen LogP contribution in [0.4, 0.5) is 0 Å². The fourth-order valence-electron chi connectivity index (χ4n) is 4.25. The van der Waals surface area contributed by atoms with Crippen LogP contribution in [-0.2, 0) is 0 Å². The molecule has 1 atom stereocenters. The Kier molecular flexibility index (Phi) is 3.44. The van der Waals surface area contributed by atoms with Gasteiger partial charge in [0.25, 0.3) is 0 Å². The van der Waals surface area contributed by atoms with E-state index in [9.17, 15) is 0 Å². The Morgan fingerprint density at radius 1 is 0.882 bits per heavy atom. The van der Waals surface area contributed by atoms with Gasteiger partial charge in [-0.05, 0) is 31.9 Å². The standard InChI is InChI=1S/C14H26N2S/c1-17-12-13(8-4-2-5-9-13)16-14(15-12)10-6-3-7-11-14/h12,15-16H,2-11H2,1H3. The van der Waals surface area contributed by atoms with E-state index in [0.717, 1.165) is 0 Å². The molecule has 0 amide bonds. The second kappa shape index (κ2) is 4.75. The maximum Gasteiger partial charge on any atom is 0.0728 e. The maximum absolute atomic E-state index is 4.09. The molecule has 1 aliphatic heterocycles. The summed E-state index contributed by atoms with van der Waals surface area (Å²) in [6, 6.07) is 0. The summed E-state index contributed by atoms with van der Waals surface area (Å²) in [6.07, 6.45) is 16.2. The van der Waals surface area contributed by atoms with Crippen molar-refractivity contribution < 1.29 is 0 Å². The average Bonchev–Trinajstić information content (AvgIpc) is 2.65. The molecule has 17 heavy (non-hydrogen) atoms. The molecule has 0 bridgehead atoms. The van der Waals surface area contributed by atoms with Gasteiger partial charge in [0.1, 0.15) is 0 Å². The highest BCUT2D eigenvalue weighted by Crippen LogP contribution is 2.44. The Bertz CT molecular complexity index is 267. The summed E-state index contributed by atoms with van der Waals surface area (Å²) in [7, 11) is 0. The molecule has 1 unspecified atom stereocenters. The minimum atomic E-state index is 0.295. The van der Waals surface area contributed by atoms with Crippen molar-refractivity contribution in [3.05, 3.63) is 0 Å². The summed E-state index contributed by atoms with van der Waals surface area (Å²) in [4.78, 5) is 0. The fraction of sp³-hybridized carbons (Fsp3) is 1.00. The third-order valence-corrected chi connectivity index (χ3v) is 6.13. The first-order valence-corrected chi connectivity index (χ1v) is 8.67. The predicted molar refractivity (Wildman–Crippen MR) is 75.2 cm³/mol. The van der Waals surface area contributed by atoms with Gasteiger partial charge in [-0.2, -0.15) is 0 Å². The van der Waals surface area contributed by atoms with Gasteiger partial charge in [0.05, 0.1) is 11.0 Å². The Morgan fingerprint density at radius 3 is 2.06 bits per heavy atom. The van der Waals surface area contributed by atoms with Crippen LogP contribution in [0.5, 0.6) is 0 Å². The molecule has 3 rings (SSSR count). The zero-order valence-corrected chi connectivity index (χ0v) is 11.9. The van der Waals surface area contributed by atoms with Crippen molar-refractivity contribution in [3.63, 3.8) is 0 Å². The number of hydrogen-bond acceptors (Lipinski definition) is 3. The molecule has 98 valence electrons. The van der Waals surface area contributed by atoms with Crippen molar-refractivity contribution in [2.24, 2.45) is 0 Å². The van der Waals surface area contributed by atoms with E-state index in [1.54, 1.807) is 0 Å². The van der Waals surface area contributed by atoms with Gasteiger partial charge in [0.15, 0.2) is 0 Å². The molecule has 0 aromatic carbocycles. The first kappa shape index (κ1) is 12.3. The molecule has 2 saturated carbocycles. The van der Waals surface area contributed by atoms with E-state index in [1.807, 2.05) is 11.8 Å². The highest BCUT2D eigenvalue weighted by molar-refractivity contribution is 7.99. The molecule has 1 saturated heterocycles. The zero-order valence-electron chi connectivity index (χ0n) is 11.1. The normalized spacial score (nSPS) is 35.5. The highest BCUT2D eigenvalue weighted by atomic mass is 32.2. The largest absolute Gasteiger partial charge is 0.291 e. The van der Waals surface area contributed by atoms with Crippen molar-refractivity contribution >= 4 is 11.8 Å². The Balaban J connectivity index is 1.79. The topological polar surface area (TPSA) is 24.1 Å². The third kappa shape index (κ3) is 2.15. The van der Waals surface area contributed by atoms with Crippen molar-refractivity contribution in [3.8, 4) is 0 Å². The van der Waals surface area contributed by atoms with Crippen LogP contribution in [0.25, 0.3) is 0 Å². The fourth-order valence-corrected chi connectivity index (χ4v) is 5.34. The van der Waals surface area contributed by atoms with Crippen LogP contribution < -0.4 is 10.6 Å². The van der Waals surface area contributed by atoms with Crippen LogP contribution in [0, 0.1) is 0 Å². The summed E-state index contributed by atoms with van der Waals surface area (Å²) >= 11 is 2.03. The molecular formula is C14H26N2S. The van der Waals surface area contributed by atoms with Crippen LogP contribution in [0.15, 0.2) is 0 Å². The van der Waals surface area contributed by atoms with Crippen LogP contribution in [0.2, 0.25) is 0 Å². The van der Waals surface area contributed by atoms with Gasteiger partial charge in [-0.1, -0.05) is 38.5 Å². The van der Waals surface area contributed by atoms with Crippen LogP contribution >= 0.6 is 11.8 Å². The summed E-state index contributed by atoms with van der Waals surface area (Å²) in [5.41, 5.74) is 0.707. The summed E-state index contributed by atoms with van der Waals surface area (Å²) in [5, 5.41) is 8.70. The highest BCUT2D eigenvalue weighted by Gasteiger charge is 2.53. The summed E-state index contributed by atoms with van der Waals surface area (Å²) < 4.78 is 0. The number of thioether (sulfide) groups is 1. The predicted octanol–water partition coefficient (Wildman–Crippen LogP) is 3.23. The lowest BCUT2D eigenvalue weighted by Crippen LogP contribution is -2.55.